The lowest BCUT2D eigenvalue weighted by molar-refractivity contribution is -0.122. The Balaban J connectivity index is 1.57. The fourth-order valence-electron chi connectivity index (χ4n) is 3.90. The molecule has 1 aliphatic rings. The molecule has 0 bridgehead atoms. The number of sulfonamides is 1. The van der Waals surface area contributed by atoms with Gasteiger partial charge in [0, 0.05) is 0 Å². The van der Waals surface area contributed by atoms with Crippen molar-refractivity contribution in [2.45, 2.75) is 36.7 Å². The molecule has 1 atom stereocenters. The molecule has 1 aromatic heterocycles. The van der Waals surface area contributed by atoms with Crippen LogP contribution < -0.4 is 5.32 Å². The number of hydrogen-bond acceptors (Lipinski definition) is 4. The van der Waals surface area contributed by atoms with Crippen LogP contribution in [0.3, 0.4) is 0 Å². The molecule has 1 heterocycles. The summed E-state index contributed by atoms with van der Waals surface area (Å²) in [5.41, 5.74) is 2.24. The quantitative estimate of drug-likeness (QED) is 0.604. The van der Waals surface area contributed by atoms with Crippen molar-refractivity contribution < 1.29 is 22.0 Å². The van der Waals surface area contributed by atoms with Crippen LogP contribution in [0.25, 0.3) is 0 Å². The third-order valence-electron chi connectivity index (χ3n) is 5.39. The zero-order valence-electron chi connectivity index (χ0n) is 16.8. The first-order valence-electron chi connectivity index (χ1n) is 10.1. The van der Waals surface area contributed by atoms with Crippen molar-refractivity contribution >= 4 is 15.9 Å². The average molecular weight is 443 g/mol. The summed E-state index contributed by atoms with van der Waals surface area (Å²) in [5, 5.41) is 2.95. The van der Waals surface area contributed by atoms with E-state index in [4.69, 9.17) is 4.42 Å². The molecule has 1 amide bonds. The summed E-state index contributed by atoms with van der Waals surface area (Å²) in [6, 6.07) is 16.1. The Morgan fingerprint density at radius 3 is 2.65 bits per heavy atom. The molecule has 4 rings (SSSR count). The number of aryl methyl sites for hydroxylation is 1. The zero-order valence-corrected chi connectivity index (χ0v) is 17.6. The highest BCUT2D eigenvalue weighted by molar-refractivity contribution is 7.89. The maximum absolute atomic E-state index is 14.3. The van der Waals surface area contributed by atoms with Crippen LogP contribution in [0.1, 0.15) is 35.8 Å². The van der Waals surface area contributed by atoms with E-state index in [2.05, 4.69) is 5.32 Å². The van der Waals surface area contributed by atoms with Crippen LogP contribution in [0, 0.1) is 5.82 Å². The monoisotopic (exact) mass is 442 g/mol. The first-order chi connectivity index (χ1) is 14.9. The van der Waals surface area contributed by atoms with E-state index >= 15 is 0 Å². The standard InChI is InChI=1S/C23H23FN2O4S/c24-20-11-3-4-13-22(20)31(28,29)26(15-18-9-6-14-30-18)16-23(27)25-21-12-5-8-17-7-1-2-10-19(17)21/h1-4,6-7,9-11,13-14,21H,5,8,12,15-16H2,(H,25,27)/t21-/m0/s1. The summed E-state index contributed by atoms with van der Waals surface area (Å²) in [6.45, 7) is -0.631. The van der Waals surface area contributed by atoms with Gasteiger partial charge in [-0.1, -0.05) is 36.4 Å². The first kappa shape index (κ1) is 21.3. The third kappa shape index (κ3) is 4.70. The number of halogens is 1. The second-order valence-electron chi connectivity index (χ2n) is 7.49. The smallest absolute Gasteiger partial charge is 0.246 e. The lowest BCUT2D eigenvalue weighted by atomic mass is 9.88. The lowest BCUT2D eigenvalue weighted by Crippen LogP contribution is -2.42. The van der Waals surface area contributed by atoms with Gasteiger partial charge in [0.15, 0.2) is 0 Å². The van der Waals surface area contributed by atoms with Crippen LogP contribution in [-0.2, 0) is 27.8 Å². The number of carbonyl (C=O) groups excluding carboxylic acids is 1. The largest absolute Gasteiger partial charge is 0.468 e. The highest BCUT2D eigenvalue weighted by Gasteiger charge is 2.31. The molecule has 0 spiro atoms. The Morgan fingerprint density at radius 1 is 1.10 bits per heavy atom. The van der Waals surface area contributed by atoms with E-state index in [-0.39, 0.29) is 12.6 Å². The summed E-state index contributed by atoms with van der Waals surface area (Å²) < 4.78 is 46.8. The SMILES string of the molecule is O=C(CN(Cc1ccco1)S(=O)(=O)c1ccccc1F)N[C@H]1CCCc2ccccc21. The fourth-order valence-corrected chi connectivity index (χ4v) is 5.33. The molecule has 0 radical (unpaired) electrons. The highest BCUT2D eigenvalue weighted by Crippen LogP contribution is 2.29. The number of rotatable bonds is 7. The van der Waals surface area contributed by atoms with Crippen molar-refractivity contribution in [2.24, 2.45) is 0 Å². The van der Waals surface area contributed by atoms with Crippen molar-refractivity contribution in [3.05, 3.63) is 89.6 Å². The van der Waals surface area contributed by atoms with Crippen LogP contribution in [0.2, 0.25) is 0 Å². The van der Waals surface area contributed by atoms with Crippen LogP contribution in [0.15, 0.2) is 76.2 Å². The highest BCUT2D eigenvalue weighted by atomic mass is 32.2. The van der Waals surface area contributed by atoms with Gasteiger partial charge in [-0.3, -0.25) is 4.79 Å². The molecule has 2 aromatic carbocycles. The fraction of sp³-hybridized carbons (Fsp3) is 0.261. The van der Waals surface area contributed by atoms with Crippen LogP contribution in [0.5, 0.6) is 0 Å². The summed E-state index contributed by atoms with van der Waals surface area (Å²) in [6.07, 6.45) is 4.09. The number of nitrogens with zero attached hydrogens (tertiary/aromatic N) is 1. The normalized spacial score (nSPS) is 16.1. The number of hydrogen-bond donors (Lipinski definition) is 1. The minimum Gasteiger partial charge on any atom is -0.468 e. The van der Waals surface area contributed by atoms with Crippen molar-refractivity contribution in [2.75, 3.05) is 6.54 Å². The van der Waals surface area contributed by atoms with Gasteiger partial charge in [-0.05, 0) is 54.7 Å². The Morgan fingerprint density at radius 2 is 1.87 bits per heavy atom. The number of fused-ring (bicyclic) bond motifs is 1. The molecule has 0 saturated carbocycles. The van der Waals surface area contributed by atoms with E-state index in [1.807, 2.05) is 24.3 Å². The van der Waals surface area contributed by atoms with Gasteiger partial charge in [0.05, 0.1) is 25.4 Å². The zero-order chi connectivity index (χ0) is 21.8. The summed E-state index contributed by atoms with van der Waals surface area (Å²) in [5.74, 6) is -0.961. The van der Waals surface area contributed by atoms with E-state index in [9.17, 15) is 17.6 Å². The molecular formula is C23H23FN2O4S. The Hall–Kier alpha value is -2.97. The number of benzene rings is 2. The predicted molar refractivity (Wildman–Crippen MR) is 113 cm³/mol. The minimum absolute atomic E-state index is 0.181. The van der Waals surface area contributed by atoms with Crippen molar-refractivity contribution in [1.82, 2.24) is 9.62 Å². The van der Waals surface area contributed by atoms with Gasteiger partial charge < -0.3 is 9.73 Å². The van der Waals surface area contributed by atoms with Crippen LogP contribution in [-0.4, -0.2) is 25.2 Å². The number of amides is 1. The molecule has 0 unspecified atom stereocenters. The maximum atomic E-state index is 14.3. The Kier molecular flexibility index (Phi) is 6.20. The predicted octanol–water partition coefficient (Wildman–Crippen LogP) is 3.80. The van der Waals surface area contributed by atoms with Gasteiger partial charge in [-0.2, -0.15) is 4.31 Å². The number of carbonyl (C=O) groups is 1. The second kappa shape index (κ2) is 9.03. The molecular weight excluding hydrogens is 419 g/mol. The van der Waals surface area contributed by atoms with Gasteiger partial charge in [0.2, 0.25) is 15.9 Å². The summed E-state index contributed by atoms with van der Waals surface area (Å²) in [7, 11) is -4.27. The van der Waals surface area contributed by atoms with E-state index in [0.29, 0.717) is 5.76 Å². The number of nitrogens with one attached hydrogen (secondary N) is 1. The number of furan rings is 1. The van der Waals surface area contributed by atoms with Gasteiger partial charge in [-0.25, -0.2) is 12.8 Å². The average Bonchev–Trinajstić information content (AvgIpc) is 3.27. The van der Waals surface area contributed by atoms with Crippen molar-refractivity contribution in [3.63, 3.8) is 0 Å². The van der Waals surface area contributed by atoms with Crippen LogP contribution in [0.4, 0.5) is 4.39 Å². The molecule has 1 aliphatic carbocycles. The Bertz CT molecular complexity index is 1160. The van der Waals surface area contributed by atoms with Gasteiger partial charge in [-0.15, -0.1) is 0 Å². The summed E-state index contributed by atoms with van der Waals surface area (Å²) in [4.78, 5) is 12.4. The van der Waals surface area contributed by atoms with Crippen LogP contribution >= 0.6 is 0 Å². The Labute approximate surface area is 180 Å². The van der Waals surface area contributed by atoms with Crippen molar-refractivity contribution in [3.8, 4) is 0 Å². The maximum Gasteiger partial charge on any atom is 0.246 e. The lowest BCUT2D eigenvalue weighted by Gasteiger charge is -2.28. The van der Waals surface area contributed by atoms with E-state index in [0.717, 1.165) is 35.2 Å². The van der Waals surface area contributed by atoms with Gasteiger partial charge in [0.25, 0.3) is 0 Å². The van der Waals surface area contributed by atoms with E-state index in [1.165, 1.54) is 30.0 Å². The first-order valence-corrected chi connectivity index (χ1v) is 11.5. The summed E-state index contributed by atoms with van der Waals surface area (Å²) >= 11 is 0. The molecule has 3 aromatic rings. The van der Waals surface area contributed by atoms with Crippen molar-refractivity contribution in [1.29, 1.82) is 0 Å². The topological polar surface area (TPSA) is 79.6 Å². The van der Waals surface area contributed by atoms with E-state index < -0.39 is 33.2 Å². The molecule has 0 saturated heterocycles. The molecule has 0 aliphatic heterocycles. The molecule has 0 fully saturated rings. The molecule has 1 N–H and O–H groups in total. The van der Waals surface area contributed by atoms with Gasteiger partial charge in [0.1, 0.15) is 16.5 Å². The minimum atomic E-state index is -4.27. The molecule has 162 valence electrons. The second-order valence-corrected chi connectivity index (χ2v) is 9.40. The third-order valence-corrected chi connectivity index (χ3v) is 7.22. The molecule has 8 heteroatoms. The van der Waals surface area contributed by atoms with E-state index in [1.54, 1.807) is 12.1 Å². The molecule has 31 heavy (non-hydrogen) atoms. The van der Waals surface area contributed by atoms with Gasteiger partial charge >= 0.3 is 0 Å². The molecule has 6 nitrogen and oxygen atoms in total.